The topological polar surface area (TPSA) is 86.9 Å². The van der Waals surface area contributed by atoms with Crippen molar-refractivity contribution < 1.29 is 9.59 Å². The van der Waals surface area contributed by atoms with Crippen molar-refractivity contribution in [3.63, 3.8) is 0 Å². The van der Waals surface area contributed by atoms with Crippen molar-refractivity contribution in [1.82, 2.24) is 20.8 Å². The van der Waals surface area contributed by atoms with Crippen molar-refractivity contribution in [1.29, 1.82) is 0 Å². The molecular weight excluding hydrogens is 292 g/mol. The molecule has 3 N–H and O–H groups in total. The summed E-state index contributed by atoms with van der Waals surface area (Å²) >= 11 is 0. The number of nitrogens with one attached hydrogen (secondary N) is 3. The Morgan fingerprint density at radius 1 is 1.26 bits per heavy atom. The van der Waals surface area contributed by atoms with E-state index >= 15 is 0 Å². The Morgan fingerprint density at radius 2 is 1.96 bits per heavy atom. The summed E-state index contributed by atoms with van der Waals surface area (Å²) < 4.78 is 0. The lowest BCUT2D eigenvalue weighted by atomic mass is 9.68. The summed E-state index contributed by atoms with van der Waals surface area (Å²) in [6.45, 7) is 3.33. The van der Waals surface area contributed by atoms with E-state index < -0.39 is 5.54 Å². The van der Waals surface area contributed by atoms with Crippen LogP contribution in [0.1, 0.15) is 41.4 Å². The number of aryl methyl sites for hydroxylation is 1. The molecule has 0 aliphatic heterocycles. The molecule has 0 saturated heterocycles. The lowest BCUT2D eigenvalue weighted by molar-refractivity contribution is -0.120. The summed E-state index contributed by atoms with van der Waals surface area (Å²) in [6, 6.07) is 9.96. The van der Waals surface area contributed by atoms with Gasteiger partial charge >= 0.3 is 0 Å². The number of H-pyrrole nitrogens is 1. The normalized spacial score (nSPS) is 23.0. The second-order valence-electron chi connectivity index (χ2n) is 6.12. The van der Waals surface area contributed by atoms with Gasteiger partial charge in [-0.3, -0.25) is 14.7 Å². The monoisotopic (exact) mass is 312 g/mol. The Labute approximate surface area is 134 Å². The number of rotatable bonds is 4. The molecule has 0 radical (unpaired) electrons. The van der Waals surface area contributed by atoms with Crippen LogP contribution in [0, 0.1) is 6.92 Å². The molecule has 1 aliphatic rings. The van der Waals surface area contributed by atoms with E-state index in [9.17, 15) is 9.59 Å². The maximum atomic E-state index is 12.6. The smallest absolute Gasteiger partial charge is 0.255 e. The zero-order valence-corrected chi connectivity index (χ0v) is 13.2. The first kappa shape index (κ1) is 15.3. The zero-order chi connectivity index (χ0) is 16.4. The van der Waals surface area contributed by atoms with Crippen molar-refractivity contribution in [3.8, 4) is 0 Å². The summed E-state index contributed by atoms with van der Waals surface area (Å²) in [4.78, 5) is 23.8. The standard InChI is InChI=1S/C17H20N4O2/c1-11-15(10-18-21-11)16(23)20-17(13-6-4-3-5-7-13)8-14(9-17)19-12(2)22/h3-7,10,14H,8-9H2,1-2H3,(H,18,21)(H,19,22)(H,20,23). The van der Waals surface area contributed by atoms with Gasteiger partial charge in [-0.2, -0.15) is 5.10 Å². The van der Waals surface area contributed by atoms with E-state index in [4.69, 9.17) is 0 Å². The maximum Gasteiger partial charge on any atom is 0.255 e. The fraction of sp³-hybridized carbons (Fsp3) is 0.353. The highest BCUT2D eigenvalue weighted by Gasteiger charge is 2.47. The molecule has 6 heteroatoms. The van der Waals surface area contributed by atoms with Gasteiger partial charge in [-0.25, -0.2) is 0 Å². The van der Waals surface area contributed by atoms with Crippen LogP contribution in [0.4, 0.5) is 0 Å². The molecule has 1 aromatic carbocycles. The first-order valence-electron chi connectivity index (χ1n) is 7.65. The Kier molecular flexibility index (Phi) is 3.90. The molecule has 120 valence electrons. The quantitative estimate of drug-likeness (QED) is 0.802. The van der Waals surface area contributed by atoms with Gasteiger partial charge in [0.1, 0.15) is 0 Å². The molecule has 0 spiro atoms. The van der Waals surface area contributed by atoms with Gasteiger partial charge in [-0.05, 0) is 25.3 Å². The summed E-state index contributed by atoms with van der Waals surface area (Å²) in [5, 5.41) is 12.7. The Bertz CT molecular complexity index is 717. The van der Waals surface area contributed by atoms with E-state index in [-0.39, 0.29) is 17.9 Å². The Morgan fingerprint density at radius 3 is 2.52 bits per heavy atom. The van der Waals surface area contributed by atoms with E-state index in [1.54, 1.807) is 0 Å². The third kappa shape index (κ3) is 2.97. The molecule has 2 amide bonds. The van der Waals surface area contributed by atoms with Gasteiger partial charge in [0.2, 0.25) is 5.91 Å². The van der Waals surface area contributed by atoms with Gasteiger partial charge in [0.15, 0.2) is 0 Å². The van der Waals surface area contributed by atoms with Crippen LogP contribution in [0.2, 0.25) is 0 Å². The predicted molar refractivity (Wildman–Crippen MR) is 85.7 cm³/mol. The van der Waals surface area contributed by atoms with Crippen LogP contribution in [0.5, 0.6) is 0 Å². The van der Waals surface area contributed by atoms with Crippen LogP contribution in [0.3, 0.4) is 0 Å². The summed E-state index contributed by atoms with van der Waals surface area (Å²) in [6.07, 6.45) is 2.89. The minimum atomic E-state index is -0.449. The third-order valence-electron chi connectivity index (χ3n) is 4.35. The summed E-state index contributed by atoms with van der Waals surface area (Å²) in [7, 11) is 0. The molecule has 3 rings (SSSR count). The molecule has 1 heterocycles. The molecule has 6 nitrogen and oxygen atoms in total. The van der Waals surface area contributed by atoms with E-state index in [0.29, 0.717) is 18.4 Å². The number of nitrogens with zero attached hydrogens (tertiary/aromatic N) is 1. The average Bonchev–Trinajstić information content (AvgIpc) is 2.91. The first-order valence-corrected chi connectivity index (χ1v) is 7.65. The van der Waals surface area contributed by atoms with Crippen LogP contribution >= 0.6 is 0 Å². The molecule has 23 heavy (non-hydrogen) atoms. The van der Waals surface area contributed by atoms with Gasteiger partial charge in [0.05, 0.1) is 17.3 Å². The highest BCUT2D eigenvalue weighted by Crippen LogP contribution is 2.41. The highest BCUT2D eigenvalue weighted by atomic mass is 16.2. The van der Waals surface area contributed by atoms with Gasteiger partial charge in [-0.15, -0.1) is 0 Å². The van der Waals surface area contributed by atoms with Crippen molar-refractivity contribution in [2.24, 2.45) is 0 Å². The highest BCUT2D eigenvalue weighted by molar-refractivity contribution is 5.95. The number of carbonyl (C=O) groups is 2. The summed E-state index contributed by atoms with van der Waals surface area (Å²) in [5.74, 6) is -0.199. The molecule has 0 unspecified atom stereocenters. The number of benzene rings is 1. The maximum absolute atomic E-state index is 12.6. The molecule has 1 aromatic heterocycles. The number of hydrogen-bond acceptors (Lipinski definition) is 3. The van der Waals surface area contributed by atoms with E-state index in [1.807, 2.05) is 37.3 Å². The number of hydrogen-bond donors (Lipinski definition) is 3. The van der Waals surface area contributed by atoms with Crippen molar-refractivity contribution in [2.75, 3.05) is 0 Å². The molecule has 0 atom stereocenters. The fourth-order valence-electron chi connectivity index (χ4n) is 3.20. The second-order valence-corrected chi connectivity index (χ2v) is 6.12. The Balaban J connectivity index is 1.82. The van der Waals surface area contributed by atoms with E-state index in [2.05, 4.69) is 20.8 Å². The number of aromatic amines is 1. The van der Waals surface area contributed by atoms with Crippen LogP contribution in [0.15, 0.2) is 36.5 Å². The minimum Gasteiger partial charge on any atom is -0.353 e. The van der Waals surface area contributed by atoms with Gasteiger partial charge in [0.25, 0.3) is 5.91 Å². The fourth-order valence-corrected chi connectivity index (χ4v) is 3.20. The van der Waals surface area contributed by atoms with E-state index in [0.717, 1.165) is 11.3 Å². The number of carbonyl (C=O) groups excluding carboxylic acids is 2. The Hall–Kier alpha value is -2.63. The van der Waals surface area contributed by atoms with Crippen molar-refractivity contribution in [2.45, 2.75) is 38.3 Å². The van der Waals surface area contributed by atoms with Crippen molar-refractivity contribution in [3.05, 3.63) is 53.3 Å². The molecule has 1 aliphatic carbocycles. The van der Waals surface area contributed by atoms with Crippen LogP contribution in [-0.4, -0.2) is 28.1 Å². The molecule has 1 saturated carbocycles. The molecule has 0 bridgehead atoms. The number of aromatic nitrogens is 2. The molecule has 1 fully saturated rings. The van der Waals surface area contributed by atoms with Crippen LogP contribution in [0.25, 0.3) is 0 Å². The largest absolute Gasteiger partial charge is 0.353 e. The molecule has 2 aromatic rings. The van der Waals surface area contributed by atoms with E-state index in [1.165, 1.54) is 13.1 Å². The summed E-state index contributed by atoms with van der Waals surface area (Å²) in [5.41, 5.74) is 1.89. The average molecular weight is 312 g/mol. The lowest BCUT2D eigenvalue weighted by Gasteiger charge is -2.48. The first-order chi connectivity index (χ1) is 11.0. The van der Waals surface area contributed by atoms with Gasteiger partial charge < -0.3 is 10.6 Å². The lowest BCUT2D eigenvalue weighted by Crippen LogP contribution is -2.61. The SMILES string of the molecule is CC(=O)NC1CC(NC(=O)c2cn[nH]c2C)(c2ccccc2)C1. The van der Waals surface area contributed by atoms with Gasteiger partial charge in [-0.1, -0.05) is 30.3 Å². The van der Waals surface area contributed by atoms with Crippen LogP contribution in [-0.2, 0) is 10.3 Å². The second kappa shape index (κ2) is 5.87. The van der Waals surface area contributed by atoms with Gasteiger partial charge in [0, 0.05) is 18.7 Å². The predicted octanol–water partition coefficient (Wildman–Crippen LogP) is 1.64. The van der Waals surface area contributed by atoms with Crippen LogP contribution < -0.4 is 10.6 Å². The zero-order valence-electron chi connectivity index (χ0n) is 13.2. The van der Waals surface area contributed by atoms with Crippen molar-refractivity contribution >= 4 is 11.8 Å². The molecular formula is C17H20N4O2. The minimum absolute atomic E-state index is 0.0475. The number of amides is 2. The third-order valence-corrected chi connectivity index (χ3v) is 4.35.